The standard InChI is InChI=1S/C18H21ClN2O5S3/c1-14(22)15-2-6-17(7-3-15)28(23,24)20-27-12-10-21(11-13-27)29(25,26)18-8-4-16(19)5-9-18/h2-9,12,14,20,22H,10-11,13H2,1H3. The van der Waals surface area contributed by atoms with Crippen LogP contribution >= 0.6 is 22.3 Å². The Morgan fingerprint density at radius 2 is 1.62 bits per heavy atom. The molecule has 0 radical (unpaired) electrons. The minimum Gasteiger partial charge on any atom is -0.389 e. The molecule has 0 aromatic heterocycles. The maximum Gasteiger partial charge on any atom is 0.249 e. The summed E-state index contributed by atoms with van der Waals surface area (Å²) in [6.45, 7) is 1.91. The summed E-state index contributed by atoms with van der Waals surface area (Å²) in [5.41, 5.74) is 0.624. The van der Waals surface area contributed by atoms with E-state index in [2.05, 4.69) is 4.13 Å². The molecule has 29 heavy (non-hydrogen) atoms. The average molecular weight is 477 g/mol. The van der Waals surface area contributed by atoms with Crippen LogP contribution in [0.1, 0.15) is 18.6 Å². The molecule has 0 saturated carbocycles. The third kappa shape index (κ3) is 5.26. The Kier molecular flexibility index (Phi) is 6.84. The van der Waals surface area contributed by atoms with Gasteiger partial charge in [-0.3, -0.25) is 0 Å². The van der Waals surface area contributed by atoms with Crippen molar-refractivity contribution in [3.8, 4) is 0 Å². The molecule has 11 heteroatoms. The Labute approximate surface area is 178 Å². The molecule has 0 saturated heterocycles. The molecule has 2 aromatic rings. The second kappa shape index (κ2) is 8.84. The molecule has 2 N–H and O–H groups in total. The lowest BCUT2D eigenvalue weighted by molar-refractivity contribution is 0.199. The zero-order valence-corrected chi connectivity index (χ0v) is 18.7. The van der Waals surface area contributed by atoms with Gasteiger partial charge in [0.15, 0.2) is 0 Å². The lowest BCUT2D eigenvalue weighted by atomic mass is 10.1. The topological polar surface area (TPSA) is 104 Å². The first-order valence-electron chi connectivity index (χ1n) is 8.69. The number of hydrogen-bond acceptors (Lipinski definition) is 5. The fraction of sp³-hybridized carbons (Fsp3) is 0.278. The highest BCUT2D eigenvalue weighted by molar-refractivity contribution is 8.20. The van der Waals surface area contributed by atoms with Crippen LogP contribution in [0.25, 0.3) is 0 Å². The molecule has 0 bridgehead atoms. The van der Waals surface area contributed by atoms with E-state index in [1.165, 1.54) is 40.7 Å². The first-order chi connectivity index (χ1) is 13.6. The van der Waals surface area contributed by atoms with Crippen molar-refractivity contribution in [2.75, 3.05) is 18.8 Å². The molecule has 0 aliphatic carbocycles. The van der Waals surface area contributed by atoms with Gasteiger partial charge in [0.25, 0.3) is 0 Å². The summed E-state index contributed by atoms with van der Waals surface area (Å²) in [6.07, 6.45) is -0.679. The third-order valence-electron chi connectivity index (χ3n) is 4.38. The number of halogens is 1. The molecule has 7 nitrogen and oxygen atoms in total. The highest BCUT2D eigenvalue weighted by Crippen LogP contribution is 2.24. The molecule has 158 valence electrons. The molecular weight excluding hydrogens is 456 g/mol. The van der Waals surface area contributed by atoms with E-state index < -0.39 is 36.8 Å². The Bertz CT molecular complexity index is 1110. The lowest BCUT2D eigenvalue weighted by Crippen LogP contribution is -2.39. The summed E-state index contributed by atoms with van der Waals surface area (Å²) in [4.78, 5) is 0.245. The summed E-state index contributed by atoms with van der Waals surface area (Å²) in [5, 5.41) is 11.7. The highest BCUT2D eigenvalue weighted by Gasteiger charge is 2.27. The molecule has 0 spiro atoms. The van der Waals surface area contributed by atoms with Gasteiger partial charge in [-0.25, -0.2) is 16.8 Å². The van der Waals surface area contributed by atoms with Crippen LogP contribution in [-0.2, 0) is 20.0 Å². The first kappa shape index (κ1) is 22.4. The van der Waals surface area contributed by atoms with E-state index in [0.717, 1.165) is 0 Å². The lowest BCUT2D eigenvalue weighted by Gasteiger charge is -2.26. The maximum atomic E-state index is 12.7. The molecule has 2 atom stereocenters. The van der Waals surface area contributed by atoms with Crippen molar-refractivity contribution in [2.24, 2.45) is 0 Å². The maximum absolute atomic E-state index is 12.7. The number of nitrogens with zero attached hydrogens (tertiary/aromatic N) is 1. The number of nitrogens with one attached hydrogen (secondary N) is 1. The monoisotopic (exact) mass is 476 g/mol. The molecule has 0 amide bonds. The van der Waals surface area contributed by atoms with Gasteiger partial charge in [-0.15, -0.1) is 10.7 Å². The van der Waals surface area contributed by atoms with Crippen LogP contribution < -0.4 is 4.13 Å². The Hall–Kier alpha value is -1.27. The second-order valence-electron chi connectivity index (χ2n) is 6.45. The number of sulfonamides is 2. The van der Waals surface area contributed by atoms with E-state index in [1.54, 1.807) is 24.4 Å². The van der Waals surface area contributed by atoms with Crippen LogP contribution in [0.5, 0.6) is 0 Å². The van der Waals surface area contributed by atoms with Crippen molar-refractivity contribution in [3.05, 3.63) is 59.1 Å². The summed E-state index contributed by atoms with van der Waals surface area (Å²) >= 11 is 5.81. The fourth-order valence-corrected chi connectivity index (χ4v) is 7.98. The molecule has 2 aromatic carbocycles. The number of hydrogen-bond donors (Lipinski definition) is 2. The van der Waals surface area contributed by atoms with Crippen LogP contribution in [-0.4, -0.2) is 50.5 Å². The van der Waals surface area contributed by atoms with E-state index in [-0.39, 0.29) is 22.9 Å². The van der Waals surface area contributed by atoms with Crippen LogP contribution in [0.15, 0.2) is 58.3 Å². The van der Waals surface area contributed by atoms with Crippen LogP contribution in [0.4, 0.5) is 0 Å². The van der Waals surface area contributed by atoms with Crippen molar-refractivity contribution in [1.82, 2.24) is 8.43 Å². The zero-order chi connectivity index (χ0) is 21.2. The van der Waals surface area contributed by atoms with E-state index in [9.17, 15) is 21.9 Å². The van der Waals surface area contributed by atoms with Crippen molar-refractivity contribution < 1.29 is 21.9 Å². The van der Waals surface area contributed by atoms with Gasteiger partial charge in [-0.1, -0.05) is 23.7 Å². The smallest absolute Gasteiger partial charge is 0.249 e. The van der Waals surface area contributed by atoms with Gasteiger partial charge in [0.05, 0.1) is 15.9 Å². The highest BCUT2D eigenvalue weighted by atomic mass is 35.5. The van der Waals surface area contributed by atoms with Crippen molar-refractivity contribution in [1.29, 1.82) is 0 Å². The van der Waals surface area contributed by atoms with Gasteiger partial charge in [0.1, 0.15) is 0 Å². The second-order valence-corrected chi connectivity index (χ2v) is 12.6. The molecule has 0 fully saturated rings. The number of aliphatic hydroxyl groups is 1. The van der Waals surface area contributed by atoms with Gasteiger partial charge in [-0.2, -0.15) is 8.43 Å². The number of aliphatic hydroxyl groups excluding tert-OH is 1. The fourth-order valence-electron chi connectivity index (χ4n) is 2.71. The summed E-state index contributed by atoms with van der Waals surface area (Å²) in [7, 11) is -8.19. The van der Waals surface area contributed by atoms with Crippen LogP contribution in [0.2, 0.25) is 5.02 Å². The van der Waals surface area contributed by atoms with E-state index in [1.807, 2.05) is 0 Å². The van der Waals surface area contributed by atoms with Crippen LogP contribution in [0.3, 0.4) is 0 Å². The first-order valence-corrected chi connectivity index (χ1v) is 13.4. The minimum absolute atomic E-state index is 0.0963. The summed E-state index contributed by atoms with van der Waals surface area (Å²) in [5.74, 6) is 0.345. The van der Waals surface area contributed by atoms with Crippen molar-refractivity contribution >= 4 is 47.7 Å². The average Bonchev–Trinajstić information content (AvgIpc) is 2.68. The van der Waals surface area contributed by atoms with E-state index in [4.69, 9.17) is 11.6 Å². The van der Waals surface area contributed by atoms with Gasteiger partial charge in [0, 0.05) is 23.9 Å². The Morgan fingerprint density at radius 1 is 1.03 bits per heavy atom. The summed E-state index contributed by atoms with van der Waals surface area (Å²) in [6, 6.07) is 11.9. The van der Waals surface area contributed by atoms with Gasteiger partial charge in [-0.05, 0) is 54.3 Å². The SMILES string of the molecule is CC(O)c1ccc(S(=O)(=O)NS2=CCN(S(=O)(=O)c3ccc(Cl)cc3)CC2)cc1. The number of rotatable bonds is 6. The predicted molar refractivity (Wildman–Crippen MR) is 116 cm³/mol. The molecule has 1 heterocycles. The number of benzene rings is 2. The normalized spacial score (nSPS) is 19.5. The third-order valence-corrected chi connectivity index (χ3v) is 10.3. The largest absolute Gasteiger partial charge is 0.389 e. The molecule has 1 aliphatic heterocycles. The Morgan fingerprint density at radius 3 is 2.14 bits per heavy atom. The molecule has 1 aliphatic rings. The van der Waals surface area contributed by atoms with Crippen LogP contribution in [0, 0.1) is 0 Å². The quantitative estimate of drug-likeness (QED) is 0.623. The molecular formula is C18H21ClN2O5S3. The van der Waals surface area contributed by atoms with Gasteiger partial charge >= 0.3 is 0 Å². The van der Waals surface area contributed by atoms with Crippen molar-refractivity contribution in [3.63, 3.8) is 0 Å². The summed E-state index contributed by atoms with van der Waals surface area (Å²) < 4.78 is 54.5. The minimum atomic E-state index is -3.75. The van der Waals surface area contributed by atoms with Gasteiger partial charge in [0.2, 0.25) is 20.0 Å². The molecule has 3 rings (SSSR count). The zero-order valence-electron chi connectivity index (χ0n) is 15.5. The van der Waals surface area contributed by atoms with E-state index >= 15 is 0 Å². The Balaban J connectivity index is 1.71. The molecule has 2 unspecified atom stereocenters. The van der Waals surface area contributed by atoms with Crippen molar-refractivity contribution in [2.45, 2.75) is 22.8 Å². The predicted octanol–water partition coefficient (Wildman–Crippen LogP) is 2.36. The van der Waals surface area contributed by atoms with E-state index in [0.29, 0.717) is 16.3 Å². The van der Waals surface area contributed by atoms with Gasteiger partial charge < -0.3 is 5.11 Å².